The zero-order valence-electron chi connectivity index (χ0n) is 19.1. The highest BCUT2D eigenvalue weighted by Gasteiger charge is 2.19. The molecule has 0 aliphatic rings. The minimum atomic E-state index is -3.52. The zero-order chi connectivity index (χ0) is 24.6. The maximum Gasteiger partial charge on any atom is 0.306 e. The number of amides is 2. The third-order valence-corrected chi connectivity index (χ3v) is 6.40. The van der Waals surface area contributed by atoms with Crippen LogP contribution in [0.5, 0.6) is 0 Å². The van der Waals surface area contributed by atoms with Crippen molar-refractivity contribution in [1.29, 1.82) is 0 Å². The standard InChI is InChI=1S/C23H29N3O6S/c1-15-6-5-7-16(2)22(15)26-20(27)14-25-23(29)17(3)32-21(28)13-10-18-8-11-19(12-9-18)33(30,31)24-4/h5-9,11-12,17,24H,10,13-14H2,1-4H3,(H,25,29)(H,26,27). The third-order valence-electron chi connectivity index (χ3n) is 4.97. The van der Waals surface area contributed by atoms with Gasteiger partial charge in [-0.25, -0.2) is 13.1 Å². The fourth-order valence-corrected chi connectivity index (χ4v) is 3.75. The van der Waals surface area contributed by atoms with Gasteiger partial charge in [0.1, 0.15) is 0 Å². The number of nitrogens with one attached hydrogen (secondary N) is 3. The molecule has 2 amide bonds. The van der Waals surface area contributed by atoms with Crippen molar-refractivity contribution in [2.24, 2.45) is 0 Å². The molecule has 0 aliphatic heterocycles. The van der Waals surface area contributed by atoms with Gasteiger partial charge in [-0.2, -0.15) is 0 Å². The smallest absolute Gasteiger partial charge is 0.306 e. The van der Waals surface area contributed by atoms with Gasteiger partial charge >= 0.3 is 5.97 Å². The second-order valence-corrected chi connectivity index (χ2v) is 9.40. The number of benzene rings is 2. The van der Waals surface area contributed by atoms with Crippen molar-refractivity contribution in [1.82, 2.24) is 10.0 Å². The molecule has 0 bridgehead atoms. The Bertz CT molecular complexity index is 1090. The highest BCUT2D eigenvalue weighted by Crippen LogP contribution is 2.19. The minimum absolute atomic E-state index is 0.0167. The highest BCUT2D eigenvalue weighted by molar-refractivity contribution is 7.89. The fraction of sp³-hybridized carbons (Fsp3) is 0.348. The largest absolute Gasteiger partial charge is 0.453 e. The van der Waals surface area contributed by atoms with Crippen LogP contribution in [0.1, 0.15) is 30.0 Å². The molecule has 2 aromatic carbocycles. The number of aryl methyl sites for hydroxylation is 3. The summed E-state index contributed by atoms with van der Waals surface area (Å²) in [5, 5.41) is 5.22. The second kappa shape index (κ2) is 11.6. The van der Waals surface area contributed by atoms with Crippen LogP contribution in [0, 0.1) is 13.8 Å². The molecular weight excluding hydrogens is 446 g/mol. The number of para-hydroxylation sites is 1. The van der Waals surface area contributed by atoms with Crippen LogP contribution in [-0.4, -0.2) is 45.9 Å². The number of carbonyl (C=O) groups excluding carboxylic acids is 3. The Morgan fingerprint density at radius 1 is 1.00 bits per heavy atom. The first-order valence-electron chi connectivity index (χ1n) is 10.4. The molecule has 2 aromatic rings. The monoisotopic (exact) mass is 475 g/mol. The molecule has 9 nitrogen and oxygen atoms in total. The summed E-state index contributed by atoms with van der Waals surface area (Å²) in [5.74, 6) is -1.55. The SMILES string of the molecule is CNS(=O)(=O)c1ccc(CCC(=O)OC(C)C(=O)NCC(=O)Nc2c(C)cccc2C)cc1. The Kier molecular flexibility index (Phi) is 9.12. The van der Waals surface area contributed by atoms with Crippen LogP contribution in [-0.2, 0) is 35.6 Å². The predicted molar refractivity (Wildman–Crippen MR) is 124 cm³/mol. The average Bonchev–Trinajstić information content (AvgIpc) is 2.78. The summed E-state index contributed by atoms with van der Waals surface area (Å²) < 4.78 is 30.8. The lowest BCUT2D eigenvalue weighted by molar-refractivity contribution is -0.154. The van der Waals surface area contributed by atoms with E-state index in [1.165, 1.54) is 26.1 Å². The van der Waals surface area contributed by atoms with Crippen LogP contribution < -0.4 is 15.4 Å². The Morgan fingerprint density at radius 3 is 2.18 bits per heavy atom. The molecule has 0 aliphatic carbocycles. The highest BCUT2D eigenvalue weighted by atomic mass is 32.2. The van der Waals surface area contributed by atoms with Crippen molar-refractivity contribution in [3.8, 4) is 0 Å². The van der Waals surface area contributed by atoms with E-state index >= 15 is 0 Å². The molecule has 1 atom stereocenters. The van der Waals surface area contributed by atoms with E-state index in [0.29, 0.717) is 12.1 Å². The molecule has 0 radical (unpaired) electrons. The molecule has 2 rings (SSSR count). The Balaban J connectivity index is 1.77. The molecule has 0 saturated heterocycles. The number of rotatable bonds is 10. The lowest BCUT2D eigenvalue weighted by atomic mass is 10.1. The number of anilines is 1. The van der Waals surface area contributed by atoms with Gasteiger partial charge in [0, 0.05) is 12.1 Å². The average molecular weight is 476 g/mol. The zero-order valence-corrected chi connectivity index (χ0v) is 19.9. The van der Waals surface area contributed by atoms with Crippen molar-refractivity contribution in [2.75, 3.05) is 18.9 Å². The molecule has 1 unspecified atom stereocenters. The van der Waals surface area contributed by atoms with Gasteiger partial charge in [0.05, 0.1) is 11.4 Å². The predicted octanol–water partition coefficient (Wildman–Crippen LogP) is 1.83. The summed E-state index contributed by atoms with van der Waals surface area (Å²) in [4.78, 5) is 36.5. The van der Waals surface area contributed by atoms with Gasteiger partial charge in [-0.1, -0.05) is 30.3 Å². The molecule has 10 heteroatoms. The van der Waals surface area contributed by atoms with E-state index in [9.17, 15) is 22.8 Å². The maximum atomic E-state index is 12.2. The third kappa shape index (κ3) is 7.69. The van der Waals surface area contributed by atoms with Gasteiger partial charge in [0.2, 0.25) is 15.9 Å². The van der Waals surface area contributed by atoms with Crippen molar-refractivity contribution in [3.63, 3.8) is 0 Å². The summed E-state index contributed by atoms with van der Waals surface area (Å²) in [6, 6.07) is 11.8. The number of hydrogen-bond acceptors (Lipinski definition) is 6. The van der Waals surface area contributed by atoms with Crippen molar-refractivity contribution < 1.29 is 27.5 Å². The first kappa shape index (κ1) is 26.0. The summed E-state index contributed by atoms with van der Waals surface area (Å²) >= 11 is 0. The van der Waals surface area contributed by atoms with Gasteiger partial charge in [0.25, 0.3) is 5.91 Å². The van der Waals surface area contributed by atoms with Crippen LogP contribution >= 0.6 is 0 Å². The number of carbonyl (C=O) groups is 3. The number of sulfonamides is 1. The van der Waals surface area contributed by atoms with E-state index in [2.05, 4.69) is 15.4 Å². The van der Waals surface area contributed by atoms with E-state index in [1.807, 2.05) is 32.0 Å². The first-order valence-corrected chi connectivity index (χ1v) is 11.9. The summed E-state index contributed by atoms with van der Waals surface area (Å²) in [6.45, 7) is 4.92. The van der Waals surface area contributed by atoms with Gasteiger partial charge in [-0.3, -0.25) is 14.4 Å². The minimum Gasteiger partial charge on any atom is -0.453 e. The van der Waals surface area contributed by atoms with Crippen LogP contribution in [0.3, 0.4) is 0 Å². The van der Waals surface area contributed by atoms with Crippen LogP contribution in [0.25, 0.3) is 0 Å². The summed E-state index contributed by atoms with van der Waals surface area (Å²) in [7, 11) is -2.19. The lowest BCUT2D eigenvalue weighted by Crippen LogP contribution is -2.40. The Labute approximate surface area is 194 Å². The van der Waals surface area contributed by atoms with E-state index in [4.69, 9.17) is 4.74 Å². The van der Waals surface area contributed by atoms with E-state index in [-0.39, 0.29) is 23.8 Å². The molecule has 0 saturated carbocycles. The fourth-order valence-electron chi connectivity index (χ4n) is 3.02. The molecular formula is C23H29N3O6S. The van der Waals surface area contributed by atoms with Gasteiger partial charge < -0.3 is 15.4 Å². The summed E-state index contributed by atoms with van der Waals surface area (Å²) in [5.41, 5.74) is 3.28. The Morgan fingerprint density at radius 2 is 1.61 bits per heavy atom. The quantitative estimate of drug-likeness (QED) is 0.450. The van der Waals surface area contributed by atoms with Gasteiger partial charge in [-0.15, -0.1) is 0 Å². The van der Waals surface area contributed by atoms with Crippen LogP contribution in [0.15, 0.2) is 47.4 Å². The Hall–Kier alpha value is -3.24. The van der Waals surface area contributed by atoms with E-state index in [0.717, 1.165) is 16.7 Å². The van der Waals surface area contributed by atoms with Crippen LogP contribution in [0.4, 0.5) is 5.69 Å². The van der Waals surface area contributed by atoms with Gasteiger partial charge in [-0.05, 0) is 63.1 Å². The number of esters is 1. The van der Waals surface area contributed by atoms with Crippen molar-refractivity contribution in [3.05, 3.63) is 59.2 Å². The van der Waals surface area contributed by atoms with E-state index in [1.54, 1.807) is 12.1 Å². The molecule has 0 aromatic heterocycles. The summed E-state index contributed by atoms with van der Waals surface area (Å²) in [6.07, 6.45) is -0.720. The van der Waals surface area contributed by atoms with Crippen molar-refractivity contribution in [2.45, 2.75) is 44.6 Å². The first-order chi connectivity index (χ1) is 15.5. The normalized spacial score (nSPS) is 12.0. The molecule has 0 heterocycles. The van der Waals surface area contributed by atoms with E-state index < -0.39 is 28.0 Å². The second-order valence-electron chi connectivity index (χ2n) is 7.52. The lowest BCUT2D eigenvalue weighted by Gasteiger charge is -2.15. The van der Waals surface area contributed by atoms with Crippen LogP contribution in [0.2, 0.25) is 0 Å². The number of ether oxygens (including phenoxy) is 1. The van der Waals surface area contributed by atoms with Gasteiger partial charge in [0.15, 0.2) is 6.10 Å². The molecule has 3 N–H and O–H groups in total. The van der Waals surface area contributed by atoms with Crippen molar-refractivity contribution >= 4 is 33.5 Å². The molecule has 178 valence electrons. The number of hydrogen-bond donors (Lipinski definition) is 3. The molecule has 0 spiro atoms. The molecule has 33 heavy (non-hydrogen) atoms. The topological polar surface area (TPSA) is 131 Å². The molecule has 0 fully saturated rings. The maximum absolute atomic E-state index is 12.2.